The Balaban J connectivity index is 1.74. The number of hydrogen-bond donors (Lipinski definition) is 1. The van der Waals surface area contributed by atoms with E-state index < -0.39 is 17.8 Å². The van der Waals surface area contributed by atoms with Gasteiger partial charge in [0, 0.05) is 26.2 Å². The summed E-state index contributed by atoms with van der Waals surface area (Å²) < 4.78 is 14.1. The summed E-state index contributed by atoms with van der Waals surface area (Å²) in [5.74, 6) is -1.52. The largest absolute Gasteiger partial charge is 0.341 e. The molecule has 0 spiro atoms. The number of carbonyl (C=O) groups is 3. The summed E-state index contributed by atoms with van der Waals surface area (Å²) in [6.07, 6.45) is 1.18. The maximum Gasteiger partial charge on any atom is 0.263 e. The predicted molar refractivity (Wildman–Crippen MR) is 119 cm³/mol. The Morgan fingerprint density at radius 3 is 2.39 bits per heavy atom. The Kier molecular flexibility index (Phi) is 7.79. The third kappa shape index (κ3) is 5.31. The quantitative estimate of drug-likeness (QED) is 0.710. The number of hydrogen-bond acceptors (Lipinski definition) is 4. The zero-order chi connectivity index (χ0) is 22.4. The Morgan fingerprint density at radius 1 is 1.13 bits per heavy atom. The van der Waals surface area contributed by atoms with Crippen molar-refractivity contribution < 1.29 is 18.8 Å². The fourth-order valence-electron chi connectivity index (χ4n) is 3.97. The van der Waals surface area contributed by atoms with Crippen LogP contribution in [0.5, 0.6) is 0 Å². The molecule has 6 nitrogen and oxygen atoms in total. The van der Waals surface area contributed by atoms with Gasteiger partial charge in [0.1, 0.15) is 11.9 Å². The van der Waals surface area contributed by atoms with Crippen molar-refractivity contribution in [1.82, 2.24) is 15.1 Å². The Bertz CT molecular complexity index is 907. The van der Waals surface area contributed by atoms with Crippen LogP contribution in [0.15, 0.2) is 41.8 Å². The highest BCUT2D eigenvalue weighted by Crippen LogP contribution is 2.25. The molecule has 0 radical (unpaired) electrons. The highest BCUT2D eigenvalue weighted by Gasteiger charge is 2.36. The summed E-state index contributed by atoms with van der Waals surface area (Å²) in [7, 11) is 0. The van der Waals surface area contributed by atoms with Gasteiger partial charge in [-0.3, -0.25) is 14.4 Å². The van der Waals surface area contributed by atoms with E-state index in [-0.39, 0.29) is 23.3 Å². The molecular formula is C23H28FN3O3S. The van der Waals surface area contributed by atoms with E-state index >= 15 is 0 Å². The molecule has 1 unspecified atom stereocenters. The fourth-order valence-corrected chi connectivity index (χ4v) is 4.66. The van der Waals surface area contributed by atoms with Crippen LogP contribution in [0.3, 0.4) is 0 Å². The number of likely N-dealkylation sites (tertiary alicyclic amines) is 1. The van der Waals surface area contributed by atoms with Crippen LogP contribution in [-0.2, 0) is 4.79 Å². The zero-order valence-electron chi connectivity index (χ0n) is 17.8. The van der Waals surface area contributed by atoms with Crippen molar-refractivity contribution in [2.24, 2.45) is 5.92 Å². The maximum absolute atomic E-state index is 14.1. The summed E-state index contributed by atoms with van der Waals surface area (Å²) in [6, 6.07) is 8.64. The second kappa shape index (κ2) is 10.5. The molecule has 8 heteroatoms. The molecule has 1 aliphatic rings. The average Bonchev–Trinajstić information content (AvgIpc) is 3.33. The van der Waals surface area contributed by atoms with E-state index in [9.17, 15) is 18.8 Å². The van der Waals surface area contributed by atoms with Crippen LogP contribution in [0.4, 0.5) is 4.39 Å². The van der Waals surface area contributed by atoms with Crippen LogP contribution < -0.4 is 5.32 Å². The van der Waals surface area contributed by atoms with Crippen molar-refractivity contribution in [2.45, 2.75) is 32.7 Å². The minimum Gasteiger partial charge on any atom is -0.341 e. The van der Waals surface area contributed by atoms with Crippen molar-refractivity contribution >= 4 is 29.1 Å². The summed E-state index contributed by atoms with van der Waals surface area (Å²) in [5.41, 5.74) is -0.0786. The minimum atomic E-state index is -0.758. The molecule has 2 aromatic rings. The van der Waals surface area contributed by atoms with Gasteiger partial charge in [-0.15, -0.1) is 11.3 Å². The van der Waals surface area contributed by atoms with E-state index in [0.717, 1.165) is 0 Å². The van der Waals surface area contributed by atoms with E-state index in [1.807, 2.05) is 25.3 Å². The zero-order valence-corrected chi connectivity index (χ0v) is 18.7. The fraction of sp³-hybridized carbons (Fsp3) is 0.435. The first-order valence-corrected chi connectivity index (χ1v) is 11.5. The van der Waals surface area contributed by atoms with Crippen LogP contribution in [0, 0.1) is 11.7 Å². The molecule has 1 aromatic heterocycles. The third-order valence-corrected chi connectivity index (χ3v) is 6.63. The maximum atomic E-state index is 14.1. The molecule has 31 heavy (non-hydrogen) atoms. The van der Waals surface area contributed by atoms with Gasteiger partial charge in [0.25, 0.3) is 11.8 Å². The molecule has 0 aliphatic carbocycles. The molecule has 1 N–H and O–H groups in total. The van der Waals surface area contributed by atoms with E-state index in [0.29, 0.717) is 43.9 Å². The first-order chi connectivity index (χ1) is 15.0. The summed E-state index contributed by atoms with van der Waals surface area (Å²) in [6.45, 7) is 5.85. The third-order valence-electron chi connectivity index (χ3n) is 5.78. The second-order valence-electron chi connectivity index (χ2n) is 7.55. The lowest BCUT2D eigenvalue weighted by molar-refractivity contribution is -0.134. The van der Waals surface area contributed by atoms with E-state index in [4.69, 9.17) is 0 Å². The van der Waals surface area contributed by atoms with Crippen molar-refractivity contribution in [1.29, 1.82) is 0 Å². The van der Waals surface area contributed by atoms with Gasteiger partial charge in [0.05, 0.1) is 10.4 Å². The lowest BCUT2D eigenvalue weighted by Crippen LogP contribution is -2.54. The first-order valence-electron chi connectivity index (χ1n) is 10.6. The number of amides is 3. The van der Waals surface area contributed by atoms with Gasteiger partial charge in [0.2, 0.25) is 5.91 Å². The van der Waals surface area contributed by atoms with Gasteiger partial charge >= 0.3 is 0 Å². The average molecular weight is 446 g/mol. The molecule has 1 aromatic carbocycles. The number of carbonyl (C=O) groups excluding carboxylic acids is 3. The molecule has 1 fully saturated rings. The molecule has 1 saturated heterocycles. The summed E-state index contributed by atoms with van der Waals surface area (Å²) in [4.78, 5) is 42.7. The van der Waals surface area contributed by atoms with E-state index in [1.165, 1.54) is 29.5 Å². The standard InChI is InChI=1S/C23H28FN3O3S/c1-3-26(4-2)23(30)20(25-21(28)17-8-5-6-9-18(17)24)16-11-13-27(14-12-16)22(29)19-10-7-15-31-19/h5-10,15-16,20H,3-4,11-14H2,1-2H3,(H,25,28). The number of likely N-dealkylation sites (N-methyl/N-ethyl adjacent to an activating group) is 1. The molecule has 1 aliphatic heterocycles. The predicted octanol–water partition coefficient (Wildman–Crippen LogP) is 3.41. The number of benzene rings is 1. The summed E-state index contributed by atoms with van der Waals surface area (Å²) in [5, 5.41) is 4.66. The van der Waals surface area contributed by atoms with Crippen LogP contribution in [0.25, 0.3) is 0 Å². The van der Waals surface area contributed by atoms with Gasteiger partial charge < -0.3 is 15.1 Å². The Morgan fingerprint density at radius 2 is 1.81 bits per heavy atom. The smallest absolute Gasteiger partial charge is 0.263 e. The number of rotatable bonds is 7. The van der Waals surface area contributed by atoms with Gasteiger partial charge in [0.15, 0.2) is 0 Å². The Hall–Kier alpha value is -2.74. The molecule has 3 rings (SSSR count). The van der Waals surface area contributed by atoms with Gasteiger partial charge in [-0.05, 0) is 56.2 Å². The SMILES string of the molecule is CCN(CC)C(=O)C(NC(=O)c1ccccc1F)C1CCN(C(=O)c2cccs2)CC1. The minimum absolute atomic E-state index is 0.00420. The van der Waals surface area contributed by atoms with Crippen molar-refractivity contribution in [3.63, 3.8) is 0 Å². The number of nitrogens with one attached hydrogen (secondary N) is 1. The molecule has 0 bridgehead atoms. The molecule has 2 heterocycles. The van der Waals surface area contributed by atoms with Gasteiger partial charge in [-0.25, -0.2) is 4.39 Å². The topological polar surface area (TPSA) is 69.7 Å². The highest BCUT2D eigenvalue weighted by atomic mass is 32.1. The van der Waals surface area contributed by atoms with Crippen LogP contribution in [0.1, 0.15) is 46.7 Å². The molecule has 3 amide bonds. The van der Waals surface area contributed by atoms with Crippen LogP contribution in [0.2, 0.25) is 0 Å². The van der Waals surface area contributed by atoms with E-state index in [1.54, 1.807) is 21.9 Å². The van der Waals surface area contributed by atoms with Crippen molar-refractivity contribution in [3.8, 4) is 0 Å². The monoisotopic (exact) mass is 445 g/mol. The molecule has 0 saturated carbocycles. The van der Waals surface area contributed by atoms with Crippen molar-refractivity contribution in [3.05, 3.63) is 58.0 Å². The summed E-state index contributed by atoms with van der Waals surface area (Å²) >= 11 is 1.41. The van der Waals surface area contributed by atoms with Crippen molar-refractivity contribution in [2.75, 3.05) is 26.2 Å². The number of thiophene rings is 1. The highest BCUT2D eigenvalue weighted by molar-refractivity contribution is 7.12. The van der Waals surface area contributed by atoms with Crippen LogP contribution in [-0.4, -0.2) is 59.7 Å². The first kappa shape index (κ1) is 22.9. The number of piperidine rings is 1. The lowest BCUT2D eigenvalue weighted by atomic mass is 9.88. The van der Waals surface area contributed by atoms with Crippen LogP contribution >= 0.6 is 11.3 Å². The van der Waals surface area contributed by atoms with Gasteiger partial charge in [-0.2, -0.15) is 0 Å². The molecule has 1 atom stereocenters. The number of halogens is 1. The second-order valence-corrected chi connectivity index (χ2v) is 8.50. The Labute approximate surface area is 186 Å². The normalized spacial score (nSPS) is 15.4. The van der Waals surface area contributed by atoms with Gasteiger partial charge in [-0.1, -0.05) is 18.2 Å². The number of nitrogens with zero attached hydrogens (tertiary/aromatic N) is 2. The molecule has 166 valence electrons. The lowest BCUT2D eigenvalue weighted by Gasteiger charge is -2.37. The molecular weight excluding hydrogens is 417 g/mol. The van der Waals surface area contributed by atoms with E-state index in [2.05, 4.69) is 5.32 Å².